The van der Waals surface area contributed by atoms with E-state index in [1.165, 1.54) is 0 Å². The van der Waals surface area contributed by atoms with E-state index in [1.807, 2.05) is 41.9 Å². The second-order valence-corrected chi connectivity index (χ2v) is 10.9. The lowest BCUT2D eigenvalue weighted by atomic mass is 9.84. The molecule has 0 saturated carbocycles. The summed E-state index contributed by atoms with van der Waals surface area (Å²) in [5, 5.41) is 10.5. The third-order valence-corrected chi connectivity index (χ3v) is 7.89. The summed E-state index contributed by atoms with van der Waals surface area (Å²) in [7, 11) is 5.62. The number of aromatic nitrogens is 2. The third kappa shape index (κ3) is 7.06. The first-order chi connectivity index (χ1) is 19.3. The first-order valence-corrected chi connectivity index (χ1v) is 14.1. The van der Waals surface area contributed by atoms with Gasteiger partial charge in [-0.3, -0.25) is 14.5 Å². The second-order valence-electron chi connectivity index (χ2n) is 10.9. The Balaban J connectivity index is 1.60. The van der Waals surface area contributed by atoms with Gasteiger partial charge in [-0.1, -0.05) is 13.3 Å². The molecule has 3 heterocycles. The van der Waals surface area contributed by atoms with Crippen LogP contribution in [-0.2, 0) is 16.1 Å². The highest BCUT2D eigenvalue weighted by atomic mass is 16.7. The van der Waals surface area contributed by atoms with Gasteiger partial charge in [-0.15, -0.1) is 0 Å². The topological polar surface area (TPSA) is 110 Å². The third-order valence-electron chi connectivity index (χ3n) is 7.89. The van der Waals surface area contributed by atoms with Crippen LogP contribution in [0.3, 0.4) is 0 Å². The van der Waals surface area contributed by atoms with Crippen molar-refractivity contribution in [1.82, 2.24) is 24.3 Å². The van der Waals surface area contributed by atoms with Crippen molar-refractivity contribution in [2.45, 2.75) is 51.1 Å². The average Bonchev–Trinajstić information content (AvgIpc) is 3.68. The van der Waals surface area contributed by atoms with E-state index in [-0.39, 0.29) is 31.2 Å². The van der Waals surface area contributed by atoms with Gasteiger partial charge in [0.1, 0.15) is 0 Å². The van der Waals surface area contributed by atoms with E-state index in [1.54, 1.807) is 19.6 Å². The van der Waals surface area contributed by atoms with Crippen molar-refractivity contribution in [3.05, 3.63) is 36.4 Å². The Morgan fingerprint density at radius 2 is 1.98 bits per heavy atom. The van der Waals surface area contributed by atoms with Crippen molar-refractivity contribution in [2.24, 2.45) is 5.92 Å². The Morgan fingerprint density at radius 3 is 2.65 bits per heavy atom. The van der Waals surface area contributed by atoms with E-state index in [2.05, 4.69) is 21.7 Å². The van der Waals surface area contributed by atoms with Crippen molar-refractivity contribution < 1.29 is 28.9 Å². The highest BCUT2D eigenvalue weighted by Crippen LogP contribution is 2.47. The Hall–Kier alpha value is -3.31. The van der Waals surface area contributed by atoms with Gasteiger partial charge in [0.25, 0.3) is 0 Å². The van der Waals surface area contributed by atoms with Gasteiger partial charge in [0.05, 0.1) is 25.9 Å². The summed E-state index contributed by atoms with van der Waals surface area (Å²) in [6, 6.07) is 3.37. The van der Waals surface area contributed by atoms with Gasteiger partial charge in [0.2, 0.25) is 18.4 Å². The fourth-order valence-electron chi connectivity index (χ4n) is 5.82. The molecule has 1 saturated heterocycles. The molecule has 2 aliphatic heterocycles. The monoisotopic (exact) mass is 557 g/mol. The van der Waals surface area contributed by atoms with Crippen molar-refractivity contribution in [3.8, 4) is 17.2 Å². The maximum Gasteiger partial charge on any atom is 0.308 e. The standard InChI is InChI=1S/C29H43N5O6/c1-5-6-11-33(12-7-10-31(2)3)26(35)18-34-17-22(21-15-24(38-4)28-25(16-21)39-20-40-28)27(29(36)37)23(34)8-13-32-14-9-30-19-32/h9,14-16,19,22-23,27H,5-8,10-13,17-18,20H2,1-4H3,(H,36,37)/t22-,23+,27?/m1/s1. The van der Waals surface area contributed by atoms with Crippen LogP contribution in [0.5, 0.6) is 17.2 Å². The summed E-state index contributed by atoms with van der Waals surface area (Å²) in [6.07, 6.45) is 8.73. The van der Waals surface area contributed by atoms with Crippen molar-refractivity contribution in [2.75, 3.05) is 60.7 Å². The largest absolute Gasteiger partial charge is 0.493 e. The SMILES string of the molecule is CCCCN(CCCN(C)C)C(=O)CN1C[C@H](c2cc(OC)c3c(c2)OCO3)C(C(=O)O)[C@@H]1CCn1ccnc1. The summed E-state index contributed by atoms with van der Waals surface area (Å²) in [4.78, 5) is 36.8. The average molecular weight is 558 g/mol. The van der Waals surface area contributed by atoms with Crippen LogP contribution in [0.1, 0.15) is 44.1 Å². The smallest absolute Gasteiger partial charge is 0.308 e. The number of unbranched alkanes of at least 4 members (excludes halogenated alkanes) is 1. The molecule has 40 heavy (non-hydrogen) atoms. The molecule has 4 rings (SSSR count). The number of aryl methyl sites for hydroxylation is 1. The highest BCUT2D eigenvalue weighted by molar-refractivity contribution is 5.79. The quantitative estimate of drug-likeness (QED) is 0.354. The minimum atomic E-state index is -0.874. The van der Waals surface area contributed by atoms with E-state index >= 15 is 0 Å². The number of nitrogens with zero attached hydrogens (tertiary/aromatic N) is 5. The Kier molecular flexibility index (Phi) is 10.3. The first kappa shape index (κ1) is 29.7. The first-order valence-electron chi connectivity index (χ1n) is 14.1. The number of carbonyl (C=O) groups is 2. The number of aliphatic carboxylic acids is 1. The zero-order valence-corrected chi connectivity index (χ0v) is 24.1. The van der Waals surface area contributed by atoms with Crippen LogP contribution in [0.15, 0.2) is 30.9 Å². The second kappa shape index (κ2) is 13.8. The maximum absolute atomic E-state index is 13.7. The predicted octanol–water partition coefficient (Wildman–Crippen LogP) is 2.76. The van der Waals surface area contributed by atoms with Crippen LogP contribution in [-0.4, -0.2) is 108 Å². The molecule has 11 nitrogen and oxygen atoms in total. The van der Waals surface area contributed by atoms with Crippen LogP contribution >= 0.6 is 0 Å². The number of hydrogen-bond donors (Lipinski definition) is 1. The van der Waals surface area contributed by atoms with Gasteiger partial charge < -0.3 is 33.7 Å². The Labute approximate surface area is 236 Å². The number of ether oxygens (including phenoxy) is 3. The lowest BCUT2D eigenvalue weighted by Gasteiger charge is -2.30. The molecule has 220 valence electrons. The number of carbonyl (C=O) groups excluding carboxylic acids is 1. The predicted molar refractivity (Wildman–Crippen MR) is 150 cm³/mol. The van der Waals surface area contributed by atoms with Crippen LogP contribution in [0.4, 0.5) is 0 Å². The van der Waals surface area contributed by atoms with Crippen molar-refractivity contribution in [3.63, 3.8) is 0 Å². The molecular formula is C29H43N5O6. The van der Waals surface area contributed by atoms with Crippen molar-refractivity contribution >= 4 is 11.9 Å². The summed E-state index contributed by atoms with van der Waals surface area (Å²) in [5.74, 6) is -0.281. The number of methoxy groups -OCH3 is 1. The zero-order chi connectivity index (χ0) is 28.6. The van der Waals surface area contributed by atoms with Crippen LogP contribution in [0.25, 0.3) is 0 Å². The number of carboxylic acid groups (broad SMARTS) is 1. The molecular weight excluding hydrogens is 514 g/mol. The van der Waals surface area contributed by atoms with Crippen LogP contribution in [0.2, 0.25) is 0 Å². The molecule has 1 fully saturated rings. The summed E-state index contributed by atoms with van der Waals surface area (Å²) in [6.45, 7) is 5.76. The minimum absolute atomic E-state index is 0.0490. The molecule has 0 radical (unpaired) electrons. The lowest BCUT2D eigenvalue weighted by molar-refractivity contribution is -0.144. The molecule has 0 aliphatic carbocycles. The molecule has 0 bridgehead atoms. The molecule has 0 spiro atoms. The van der Waals surface area contributed by atoms with Crippen LogP contribution in [0, 0.1) is 5.92 Å². The van der Waals surface area contributed by atoms with E-state index in [9.17, 15) is 14.7 Å². The molecule has 1 amide bonds. The van der Waals surface area contributed by atoms with Gasteiger partial charge in [0.15, 0.2) is 11.5 Å². The number of fused-ring (bicyclic) bond motifs is 1. The fraction of sp³-hybridized carbons (Fsp3) is 0.621. The lowest BCUT2D eigenvalue weighted by Crippen LogP contribution is -2.45. The number of hydrogen-bond acceptors (Lipinski definition) is 8. The molecule has 1 N–H and O–H groups in total. The fourth-order valence-corrected chi connectivity index (χ4v) is 5.82. The zero-order valence-electron chi connectivity index (χ0n) is 24.1. The van der Waals surface area contributed by atoms with E-state index < -0.39 is 11.9 Å². The van der Waals surface area contributed by atoms with Gasteiger partial charge in [-0.25, -0.2) is 4.98 Å². The number of imidazole rings is 1. The number of benzene rings is 1. The molecule has 1 aromatic carbocycles. The van der Waals surface area contributed by atoms with Gasteiger partial charge in [-0.2, -0.15) is 0 Å². The molecule has 3 atom stereocenters. The molecule has 2 aromatic rings. The van der Waals surface area contributed by atoms with Gasteiger partial charge in [0, 0.05) is 50.5 Å². The maximum atomic E-state index is 13.7. The highest BCUT2D eigenvalue weighted by Gasteiger charge is 2.47. The number of carboxylic acids is 1. The molecule has 1 aromatic heterocycles. The Morgan fingerprint density at radius 1 is 1.18 bits per heavy atom. The summed E-state index contributed by atoms with van der Waals surface area (Å²) in [5.41, 5.74) is 0.810. The normalized spacial score (nSPS) is 20.3. The Bertz CT molecular complexity index is 1120. The van der Waals surface area contributed by atoms with Gasteiger partial charge >= 0.3 is 5.97 Å². The molecule has 11 heteroatoms. The summed E-state index contributed by atoms with van der Waals surface area (Å²) >= 11 is 0. The van der Waals surface area contributed by atoms with E-state index in [0.717, 1.165) is 31.4 Å². The van der Waals surface area contributed by atoms with Crippen LogP contribution < -0.4 is 14.2 Å². The van der Waals surface area contributed by atoms with Crippen molar-refractivity contribution in [1.29, 1.82) is 0 Å². The molecule has 1 unspecified atom stereocenters. The minimum Gasteiger partial charge on any atom is -0.493 e. The van der Waals surface area contributed by atoms with E-state index in [4.69, 9.17) is 14.2 Å². The summed E-state index contributed by atoms with van der Waals surface area (Å²) < 4.78 is 18.7. The number of rotatable bonds is 15. The number of likely N-dealkylation sites (tertiary alicyclic amines) is 1. The van der Waals surface area contributed by atoms with Gasteiger partial charge in [-0.05, 0) is 57.6 Å². The number of amides is 1. The molecule has 2 aliphatic rings. The van der Waals surface area contributed by atoms with E-state index in [0.29, 0.717) is 49.8 Å².